The van der Waals surface area contributed by atoms with E-state index in [0.29, 0.717) is 106 Å². The Labute approximate surface area is 780 Å². The van der Waals surface area contributed by atoms with Crippen molar-refractivity contribution in [2.75, 3.05) is 60.0 Å². The molecule has 0 amide bonds. The molecule has 7 N–H and O–H groups in total. The van der Waals surface area contributed by atoms with E-state index in [1.165, 1.54) is 6.08 Å². The Morgan fingerprint density at radius 3 is 0.962 bits per heavy atom. The van der Waals surface area contributed by atoms with Crippen molar-refractivity contribution in [1.29, 1.82) is 0 Å². The summed E-state index contributed by atoms with van der Waals surface area (Å²) >= 11 is 6.25. The molecule has 0 saturated carbocycles. The van der Waals surface area contributed by atoms with Crippen LogP contribution in [0.3, 0.4) is 0 Å². The van der Waals surface area contributed by atoms with Gasteiger partial charge in [0.25, 0.3) is 0 Å². The summed E-state index contributed by atoms with van der Waals surface area (Å²) in [6, 6.07) is 50.7. The Morgan fingerprint density at radius 1 is 0.379 bits per heavy atom. The molecule has 13 rings (SSSR count). The summed E-state index contributed by atoms with van der Waals surface area (Å²) in [6.45, 7) is 36.8. The molecule has 0 aliphatic carbocycles. The van der Waals surface area contributed by atoms with Gasteiger partial charge in [0.2, 0.25) is 0 Å². The van der Waals surface area contributed by atoms with Gasteiger partial charge in [-0.15, -0.1) is 13.2 Å². The number of halogens is 1. The first kappa shape index (κ1) is 108. The number of aldehydes is 1. The average Bonchev–Trinajstić information content (AvgIpc) is 0.812. The number of carboxylic acids is 2. The normalized spacial score (nSPS) is 24.1. The predicted octanol–water partition coefficient (Wildman–Crippen LogP) is 21.0. The number of esters is 2. The largest absolute Gasteiger partial charge is 0.508 e. The number of aromatic hydroxyl groups is 5. The summed E-state index contributed by atoms with van der Waals surface area (Å²) in [7, 11) is 1.69. The van der Waals surface area contributed by atoms with E-state index < -0.39 is 53.3 Å². The number of hydrogen-bond acceptors (Lipinski definition) is 25. The summed E-state index contributed by atoms with van der Waals surface area (Å²) in [5, 5.41) is 68.3. The minimum atomic E-state index is -1.00. The van der Waals surface area contributed by atoms with E-state index in [4.69, 9.17) is 88.1 Å². The molecule has 132 heavy (non-hydrogen) atoms. The highest BCUT2D eigenvalue weighted by atomic mass is 35.5. The number of phenols is 5. The number of aliphatic carboxylic acids is 2. The van der Waals surface area contributed by atoms with Gasteiger partial charge in [-0.05, 0) is 158 Å². The molecule has 6 heterocycles. The van der Waals surface area contributed by atoms with Crippen molar-refractivity contribution in [1.82, 2.24) is 0 Å². The standard InChI is InChI=1S/C20H19ClO5.C18H24O5.C16H20O5.C16H22O3.C15H20O3.C14H18O4.C5H8O2/c21-16-9-3-1-7-14(16)20-25-12-13(6-5-11-18(23)24)19(26-20)15-8-2-4-10-17(15)22;1-4-21-16(20)11-7-8-13-12-22-18(2,3)23-17(13)14-9-5-6-10-15(14)19;1-16(2)20-10-11(6-5-9-14(18)19)15(21-16)12-7-3-4-8-13(12)17;1-5-8-12-11-18-16(2,3)19-15(12)13-9-6-7-10-14(13)17-4;1-4-7-11-10-17-15(2,3)18-14(11)12-8-5-6-9-13(12)16;1-14(2)17-9-10(7-8-15)13(18-14)11-5-3-4-6-12(11)16;1-3-5(6)7-4-2/h1-5,7-11,13,19-20,22H,6,12H2,(H,23,24);5-7,9-11,13,17,19H,4,8,12H2,1-3H3;3-5,7-9,11,15,17H,6,10H2,1-2H3,(H,18,19);5-7,9-10,12,15H,1,8,11H2,2-4H3;4-6,8-9,11,14,16H,1,7,10H2,2-3H3;3-6,8,10,13,16H,7,9H2,1-2H3;3H,1,4H2,2H3/b11-5+;11-7+;9-5+;;;;/t13-,19+,20+;13-,17+;11-,15+;12-,15?;11-,14+;10-,13+;/m111111./s1. The van der Waals surface area contributed by atoms with E-state index >= 15 is 0 Å². The van der Waals surface area contributed by atoms with Crippen molar-refractivity contribution in [2.24, 2.45) is 35.5 Å². The van der Waals surface area contributed by atoms with Crippen LogP contribution >= 0.6 is 11.6 Å². The molecule has 716 valence electrons. The van der Waals surface area contributed by atoms with Gasteiger partial charge in [-0.3, -0.25) is 0 Å². The molecular weight excluding hydrogens is 1720 g/mol. The molecule has 13 atom stereocenters. The van der Waals surface area contributed by atoms with Crippen molar-refractivity contribution in [3.63, 3.8) is 0 Å². The number of rotatable bonds is 26. The maximum absolute atomic E-state index is 11.4. The average molecular weight is 1850 g/mol. The van der Waals surface area contributed by atoms with Crippen LogP contribution in [0.2, 0.25) is 5.02 Å². The Bertz CT molecular complexity index is 4820. The second kappa shape index (κ2) is 53.1. The van der Waals surface area contributed by atoms with Gasteiger partial charge in [0.1, 0.15) is 40.8 Å². The molecule has 7 aromatic carbocycles. The highest BCUT2D eigenvalue weighted by Gasteiger charge is 2.44. The number of allylic oxidation sites excluding steroid dienone is 5. The molecule has 0 aromatic heterocycles. The highest BCUT2D eigenvalue weighted by Crippen LogP contribution is 2.49. The number of phenolic OH excluding ortho intramolecular Hbond substituents is 5. The van der Waals surface area contributed by atoms with Crippen LogP contribution in [0.1, 0.15) is 203 Å². The predicted molar refractivity (Wildman–Crippen MR) is 498 cm³/mol. The fourth-order valence-electron chi connectivity index (χ4n) is 15.1. The third-order valence-corrected chi connectivity index (χ3v) is 21.9. The zero-order chi connectivity index (χ0) is 96.8. The van der Waals surface area contributed by atoms with Crippen LogP contribution in [0.4, 0.5) is 0 Å². The van der Waals surface area contributed by atoms with Crippen LogP contribution in [0.5, 0.6) is 34.5 Å². The number of methoxy groups -OCH3 is 1. The second-order valence-electron chi connectivity index (χ2n) is 33.8. The molecule has 27 nitrogen and oxygen atoms in total. The van der Waals surface area contributed by atoms with Gasteiger partial charge in [-0.1, -0.05) is 176 Å². The first-order valence-electron chi connectivity index (χ1n) is 44.0. The number of ether oxygens (including phenoxy) is 15. The van der Waals surface area contributed by atoms with Gasteiger partial charge in [-0.25, -0.2) is 19.2 Å². The monoisotopic (exact) mass is 1850 g/mol. The molecule has 6 aliphatic heterocycles. The first-order valence-corrected chi connectivity index (χ1v) is 44.4. The topological polar surface area (TPSA) is 365 Å². The Morgan fingerprint density at radius 2 is 0.659 bits per heavy atom. The van der Waals surface area contributed by atoms with Crippen molar-refractivity contribution >= 4 is 41.8 Å². The van der Waals surface area contributed by atoms with Crippen LogP contribution in [0.25, 0.3) is 0 Å². The lowest BCUT2D eigenvalue weighted by Gasteiger charge is -2.41. The molecule has 6 fully saturated rings. The third-order valence-electron chi connectivity index (χ3n) is 21.6. The van der Waals surface area contributed by atoms with Crippen molar-refractivity contribution in [2.45, 2.75) is 193 Å². The van der Waals surface area contributed by atoms with E-state index in [1.54, 1.807) is 106 Å². The first-order chi connectivity index (χ1) is 62.8. The SMILES string of the molecule is C=CC(=O)OCC.C=CC[C@@H]1COC(C)(C)OC1c1ccccc1OC.C=CC[C@@H]1COC(C)(C)O[C@@H]1c1ccccc1O.CC1(C)OC[C@@H](C/C=C/C(=O)O)[C@@H](c2ccccc2O)O1.CC1(C)OC[C@@H](CC=O)[C@@H](c2ccccc2O)O1.CCOC(=O)/C=C/C[C@@H]1COC(C)(C)O[C@@H]1c1ccccc1O.O=C(O)/C=C/C[C@@H]1CO[C@H](c2ccccc2Cl)O[C@@H]1c1ccccc1O. The fraction of sp³-hybridized carbons (Fsp3) is 0.433. The lowest BCUT2D eigenvalue weighted by Crippen LogP contribution is -2.41. The number of carbonyl (C=O) groups excluding carboxylic acids is 3. The van der Waals surface area contributed by atoms with Crippen molar-refractivity contribution in [3.05, 3.63) is 288 Å². The summed E-state index contributed by atoms with van der Waals surface area (Å²) in [5.41, 5.74) is 5.39. The van der Waals surface area contributed by atoms with E-state index in [9.17, 15) is 49.5 Å². The summed E-state index contributed by atoms with van der Waals surface area (Å²) in [5.74, 6) is -4.02. The molecule has 7 aromatic rings. The molecular formula is C104H131ClO27. The van der Waals surface area contributed by atoms with Gasteiger partial charge in [0, 0.05) is 110 Å². The van der Waals surface area contributed by atoms with Crippen LogP contribution in [-0.4, -0.2) is 155 Å². The van der Waals surface area contributed by atoms with Crippen molar-refractivity contribution < 1.29 is 131 Å². The number of benzene rings is 7. The molecule has 28 heteroatoms. The van der Waals surface area contributed by atoms with Gasteiger partial charge < -0.3 is 112 Å². The molecule has 0 spiro atoms. The Balaban J connectivity index is 0.000000214. The van der Waals surface area contributed by atoms with Crippen LogP contribution < -0.4 is 4.74 Å². The van der Waals surface area contributed by atoms with Crippen LogP contribution in [0.15, 0.2) is 244 Å². The number of para-hydroxylation sites is 6. The molecule has 6 aliphatic rings. The number of hydrogen-bond donors (Lipinski definition) is 7. The summed E-state index contributed by atoms with van der Waals surface area (Å²) in [6.07, 6.45) is 15.6. The minimum Gasteiger partial charge on any atom is -0.508 e. The summed E-state index contributed by atoms with van der Waals surface area (Å²) < 4.78 is 85.0. The second-order valence-corrected chi connectivity index (χ2v) is 34.2. The number of carboxylic acid groups (broad SMARTS) is 2. The maximum Gasteiger partial charge on any atom is 0.330 e. The van der Waals surface area contributed by atoms with Gasteiger partial charge in [-0.2, -0.15) is 0 Å². The minimum absolute atomic E-state index is 0.00185. The summed E-state index contributed by atoms with van der Waals surface area (Å²) in [4.78, 5) is 53.5. The van der Waals surface area contributed by atoms with Gasteiger partial charge in [0.05, 0.1) is 96.6 Å². The zero-order valence-electron chi connectivity index (χ0n) is 77.6. The molecule has 6 saturated heterocycles. The van der Waals surface area contributed by atoms with Gasteiger partial charge in [0.15, 0.2) is 35.2 Å². The maximum atomic E-state index is 11.4. The fourth-order valence-corrected chi connectivity index (χ4v) is 15.4. The Kier molecular flexibility index (Phi) is 43.5. The van der Waals surface area contributed by atoms with Crippen molar-refractivity contribution in [3.8, 4) is 34.5 Å². The Hall–Kier alpha value is -10.9. The van der Waals surface area contributed by atoms with Crippen LogP contribution in [-0.2, 0) is 90.3 Å². The molecule has 1 unspecified atom stereocenters. The van der Waals surface area contributed by atoms with Gasteiger partial charge >= 0.3 is 23.9 Å². The highest BCUT2D eigenvalue weighted by molar-refractivity contribution is 6.31. The lowest BCUT2D eigenvalue weighted by molar-refractivity contribution is -0.296. The van der Waals surface area contributed by atoms with E-state index in [1.807, 2.05) is 178 Å². The molecule has 0 radical (unpaired) electrons. The third kappa shape index (κ3) is 34.6. The quantitative estimate of drug-likeness (QED) is 0.0115. The lowest BCUT2D eigenvalue weighted by atomic mass is 9.91. The van der Waals surface area contributed by atoms with Crippen LogP contribution in [0, 0.1) is 35.5 Å². The zero-order valence-corrected chi connectivity index (χ0v) is 78.4. The smallest absolute Gasteiger partial charge is 0.330 e. The number of carbonyl (C=O) groups is 5. The van der Waals surface area contributed by atoms with E-state index in [0.717, 1.165) is 59.8 Å². The van der Waals surface area contributed by atoms with E-state index in [2.05, 4.69) is 30.5 Å². The molecule has 0 bridgehead atoms. The van der Waals surface area contributed by atoms with E-state index in [-0.39, 0.29) is 107 Å².